The van der Waals surface area contributed by atoms with Gasteiger partial charge in [-0.15, -0.1) is 11.8 Å². The van der Waals surface area contributed by atoms with Crippen LogP contribution in [0.5, 0.6) is 0 Å². The van der Waals surface area contributed by atoms with Gasteiger partial charge in [-0.2, -0.15) is 0 Å². The van der Waals surface area contributed by atoms with Gasteiger partial charge in [-0.3, -0.25) is 4.79 Å². The van der Waals surface area contributed by atoms with Crippen molar-refractivity contribution in [3.63, 3.8) is 0 Å². The summed E-state index contributed by atoms with van der Waals surface area (Å²) in [6, 6.07) is 0. The lowest BCUT2D eigenvalue weighted by atomic mass is 10.5. The van der Waals surface area contributed by atoms with Crippen molar-refractivity contribution < 1.29 is 14.6 Å². The van der Waals surface area contributed by atoms with Gasteiger partial charge in [0.05, 0.1) is 12.4 Å². The predicted octanol–water partition coefficient (Wildman–Crippen LogP) is 0.798. The highest BCUT2D eigenvalue weighted by Crippen LogP contribution is 2.00. The number of methoxy groups -OCH3 is 1. The molecule has 0 saturated heterocycles. The maximum atomic E-state index is 9.91. The van der Waals surface area contributed by atoms with Crippen molar-refractivity contribution in [2.24, 2.45) is 0 Å². The van der Waals surface area contributed by atoms with Crippen molar-refractivity contribution in [3.8, 4) is 0 Å². The van der Waals surface area contributed by atoms with Crippen LogP contribution in [0.4, 0.5) is 0 Å². The summed E-state index contributed by atoms with van der Waals surface area (Å²) in [5.41, 5.74) is 0. The molecule has 3 nitrogen and oxygen atoms in total. The van der Waals surface area contributed by atoms with Crippen LogP contribution in [-0.4, -0.2) is 29.9 Å². The Bertz CT molecular complexity index is 84.3. The molecule has 0 bridgehead atoms. The van der Waals surface area contributed by atoms with E-state index in [2.05, 4.69) is 0 Å². The Labute approximate surface area is 58.4 Å². The third-order valence-electron chi connectivity index (χ3n) is 0.661. The molecule has 0 saturated carbocycles. The van der Waals surface area contributed by atoms with Gasteiger partial charge in [0.1, 0.15) is 0 Å². The summed E-state index contributed by atoms with van der Waals surface area (Å²) in [7, 11) is 1.59. The van der Waals surface area contributed by atoms with Gasteiger partial charge in [0.25, 0.3) is 0 Å². The van der Waals surface area contributed by atoms with Crippen LogP contribution in [0.1, 0.15) is 6.42 Å². The molecule has 1 N–H and O–H groups in total. The van der Waals surface area contributed by atoms with Crippen molar-refractivity contribution in [2.75, 3.05) is 18.8 Å². The van der Waals surface area contributed by atoms with Crippen LogP contribution >= 0.6 is 11.8 Å². The fraction of sp³-hybridized carbons (Fsp3) is 0.800. The number of aliphatic carboxylic acids is 1. The maximum absolute atomic E-state index is 9.91. The van der Waals surface area contributed by atoms with E-state index in [0.29, 0.717) is 11.7 Å². The van der Waals surface area contributed by atoms with E-state index in [1.807, 2.05) is 0 Å². The monoisotopic (exact) mass is 150 g/mol. The van der Waals surface area contributed by atoms with E-state index in [4.69, 9.17) is 9.84 Å². The zero-order valence-electron chi connectivity index (χ0n) is 5.29. The van der Waals surface area contributed by atoms with Crippen molar-refractivity contribution >= 4 is 17.7 Å². The van der Waals surface area contributed by atoms with E-state index in [1.54, 1.807) is 7.11 Å². The van der Waals surface area contributed by atoms with Gasteiger partial charge in [0.15, 0.2) is 0 Å². The SMILES string of the molecule is COCSCCC(=O)O. The maximum Gasteiger partial charge on any atom is 0.304 e. The highest BCUT2D eigenvalue weighted by Gasteiger charge is 1.94. The summed E-state index contributed by atoms with van der Waals surface area (Å²) in [4.78, 5) is 9.91. The molecule has 4 heteroatoms. The Morgan fingerprint density at radius 1 is 1.78 bits per heavy atom. The molecule has 54 valence electrons. The Hall–Kier alpha value is -0.220. The minimum atomic E-state index is -0.751. The molecule has 0 rings (SSSR count). The van der Waals surface area contributed by atoms with Gasteiger partial charge in [-0.1, -0.05) is 0 Å². The fourth-order valence-corrected chi connectivity index (χ4v) is 0.905. The van der Waals surface area contributed by atoms with E-state index in [-0.39, 0.29) is 6.42 Å². The van der Waals surface area contributed by atoms with E-state index >= 15 is 0 Å². The first-order chi connectivity index (χ1) is 4.27. The van der Waals surface area contributed by atoms with Crippen LogP contribution < -0.4 is 0 Å². The number of rotatable bonds is 5. The highest BCUT2D eigenvalue weighted by atomic mass is 32.2. The molecule has 0 aromatic heterocycles. The van der Waals surface area contributed by atoms with Crippen molar-refractivity contribution in [3.05, 3.63) is 0 Å². The summed E-state index contributed by atoms with van der Waals surface area (Å²) in [6.45, 7) is 0. The largest absolute Gasteiger partial charge is 0.481 e. The van der Waals surface area contributed by atoms with Crippen LogP contribution in [-0.2, 0) is 9.53 Å². The van der Waals surface area contributed by atoms with Gasteiger partial charge in [0.2, 0.25) is 0 Å². The lowest BCUT2D eigenvalue weighted by Crippen LogP contribution is -1.96. The number of carbonyl (C=O) groups is 1. The lowest BCUT2D eigenvalue weighted by Gasteiger charge is -1.94. The minimum absolute atomic E-state index is 0.216. The third-order valence-corrected chi connectivity index (χ3v) is 1.56. The first-order valence-electron chi connectivity index (χ1n) is 2.56. The van der Waals surface area contributed by atoms with Gasteiger partial charge >= 0.3 is 5.97 Å². The van der Waals surface area contributed by atoms with Crippen molar-refractivity contribution in [2.45, 2.75) is 6.42 Å². The van der Waals surface area contributed by atoms with Crippen molar-refractivity contribution in [1.29, 1.82) is 0 Å². The van der Waals surface area contributed by atoms with E-state index in [9.17, 15) is 4.79 Å². The molecular weight excluding hydrogens is 140 g/mol. The summed E-state index contributed by atoms with van der Waals surface area (Å²) in [6.07, 6.45) is 0.216. The van der Waals surface area contributed by atoms with Crippen LogP contribution in [0.15, 0.2) is 0 Å². The second-order valence-corrected chi connectivity index (χ2v) is 2.51. The zero-order valence-corrected chi connectivity index (χ0v) is 6.11. The normalized spacial score (nSPS) is 9.44. The second-order valence-electron chi connectivity index (χ2n) is 1.46. The molecule has 0 fully saturated rings. The van der Waals surface area contributed by atoms with Gasteiger partial charge in [-0.05, 0) is 0 Å². The van der Waals surface area contributed by atoms with Crippen LogP contribution in [0.3, 0.4) is 0 Å². The second kappa shape index (κ2) is 5.91. The number of hydrogen-bond donors (Lipinski definition) is 1. The fourth-order valence-electron chi connectivity index (χ4n) is 0.302. The molecule has 0 atom stereocenters. The summed E-state index contributed by atoms with van der Waals surface area (Å²) in [5, 5.41) is 8.16. The smallest absolute Gasteiger partial charge is 0.304 e. The molecular formula is C5H10O3S. The molecule has 9 heavy (non-hydrogen) atoms. The molecule has 0 aliphatic rings. The molecule has 0 aliphatic carbocycles. The van der Waals surface area contributed by atoms with Gasteiger partial charge in [0, 0.05) is 12.9 Å². The number of ether oxygens (including phenoxy) is 1. The van der Waals surface area contributed by atoms with E-state index < -0.39 is 5.97 Å². The molecule has 0 heterocycles. The van der Waals surface area contributed by atoms with Crippen molar-refractivity contribution in [1.82, 2.24) is 0 Å². The average molecular weight is 150 g/mol. The number of carboxylic acid groups (broad SMARTS) is 1. The molecule has 0 unspecified atom stereocenters. The zero-order chi connectivity index (χ0) is 7.11. The number of hydrogen-bond acceptors (Lipinski definition) is 3. The Kier molecular flexibility index (Phi) is 5.76. The number of thioether (sulfide) groups is 1. The summed E-state index contributed by atoms with van der Waals surface area (Å²) >= 11 is 1.48. The topological polar surface area (TPSA) is 46.5 Å². The highest BCUT2D eigenvalue weighted by molar-refractivity contribution is 7.99. The van der Waals surface area contributed by atoms with Gasteiger partial charge < -0.3 is 9.84 Å². The summed E-state index contributed by atoms with van der Waals surface area (Å²) in [5.74, 6) is 0.454. The molecule has 0 aromatic carbocycles. The minimum Gasteiger partial charge on any atom is -0.481 e. The van der Waals surface area contributed by atoms with Crippen LogP contribution in [0.2, 0.25) is 0 Å². The predicted molar refractivity (Wildman–Crippen MR) is 36.6 cm³/mol. The first-order valence-corrected chi connectivity index (χ1v) is 3.71. The molecule has 0 spiro atoms. The quantitative estimate of drug-likeness (QED) is 0.465. The van der Waals surface area contributed by atoms with Crippen LogP contribution in [0, 0.1) is 0 Å². The lowest BCUT2D eigenvalue weighted by molar-refractivity contribution is -0.136. The van der Waals surface area contributed by atoms with Gasteiger partial charge in [-0.25, -0.2) is 0 Å². The van der Waals surface area contributed by atoms with E-state index in [0.717, 1.165) is 0 Å². The summed E-state index contributed by atoms with van der Waals surface area (Å²) < 4.78 is 4.69. The standard InChI is InChI=1S/C5H10O3S/c1-8-4-9-3-2-5(6)7/h2-4H2,1H3,(H,6,7). The number of carboxylic acids is 1. The molecule has 0 amide bonds. The van der Waals surface area contributed by atoms with E-state index in [1.165, 1.54) is 11.8 Å². The Balaban J connectivity index is 2.83. The Morgan fingerprint density at radius 3 is 2.89 bits per heavy atom. The van der Waals surface area contributed by atoms with Crippen LogP contribution in [0.25, 0.3) is 0 Å². The Morgan fingerprint density at radius 2 is 2.44 bits per heavy atom. The third kappa shape index (κ3) is 7.78. The molecule has 0 radical (unpaired) electrons. The average Bonchev–Trinajstić information content (AvgIpc) is 1.80. The molecule has 0 aromatic rings. The first kappa shape index (κ1) is 8.78. The molecule has 0 aliphatic heterocycles.